The minimum atomic E-state index is -0.536. The lowest BCUT2D eigenvalue weighted by molar-refractivity contribution is 0.0489. The number of anilines is 3. The van der Waals surface area contributed by atoms with Crippen molar-refractivity contribution in [3.63, 3.8) is 0 Å². The highest BCUT2D eigenvalue weighted by Gasteiger charge is 2.31. The van der Waals surface area contributed by atoms with Gasteiger partial charge in [-0.05, 0) is 46.6 Å². The van der Waals surface area contributed by atoms with Gasteiger partial charge in [0, 0.05) is 25.8 Å². The molecule has 9 nitrogen and oxygen atoms in total. The number of ether oxygens (including phenoxy) is 1. The van der Waals surface area contributed by atoms with E-state index in [0.29, 0.717) is 11.4 Å². The molecule has 0 unspecified atom stereocenters. The van der Waals surface area contributed by atoms with Gasteiger partial charge in [-0.2, -0.15) is 10.4 Å². The molecule has 3 rings (SSSR count). The second-order valence-electron chi connectivity index (χ2n) is 8.56. The van der Waals surface area contributed by atoms with E-state index >= 15 is 0 Å². The number of hydrogen-bond acceptors (Lipinski definition) is 7. The fraction of sp³-hybridized carbons (Fsp3) is 0.524. The van der Waals surface area contributed by atoms with Crippen molar-refractivity contribution < 1.29 is 9.53 Å². The van der Waals surface area contributed by atoms with Gasteiger partial charge in [-0.1, -0.05) is 0 Å². The number of nitrogens with one attached hydrogen (secondary N) is 2. The van der Waals surface area contributed by atoms with E-state index in [0.717, 1.165) is 30.8 Å². The second kappa shape index (κ2) is 8.61. The summed E-state index contributed by atoms with van der Waals surface area (Å²) in [4.78, 5) is 18.8. The third-order valence-corrected chi connectivity index (χ3v) is 4.98. The summed E-state index contributed by atoms with van der Waals surface area (Å²) in [7, 11) is 1.83. The summed E-state index contributed by atoms with van der Waals surface area (Å²) < 4.78 is 7.10. The van der Waals surface area contributed by atoms with Crippen molar-refractivity contribution in [3.05, 3.63) is 30.4 Å². The van der Waals surface area contributed by atoms with Gasteiger partial charge in [0.1, 0.15) is 11.7 Å². The SMILES string of the molecule is C[C@@H]1[C@H](NC(=O)OC(C)(C)C)CCCN1c1cnc(C#N)c(Nc2cnn(C)c2)c1. The number of nitrogens with zero attached hydrogens (tertiary/aromatic N) is 5. The van der Waals surface area contributed by atoms with Crippen molar-refractivity contribution >= 4 is 23.2 Å². The van der Waals surface area contributed by atoms with Gasteiger partial charge in [0.25, 0.3) is 0 Å². The second-order valence-corrected chi connectivity index (χ2v) is 8.56. The highest BCUT2D eigenvalue weighted by atomic mass is 16.6. The Morgan fingerprint density at radius 2 is 2.13 bits per heavy atom. The topological polar surface area (TPSA) is 108 Å². The monoisotopic (exact) mass is 411 g/mol. The molecule has 3 heterocycles. The number of carbonyl (C=O) groups excluding carboxylic acids is 1. The molecule has 0 aliphatic carbocycles. The van der Waals surface area contributed by atoms with Gasteiger partial charge in [-0.25, -0.2) is 9.78 Å². The first-order valence-corrected chi connectivity index (χ1v) is 10.1. The summed E-state index contributed by atoms with van der Waals surface area (Å²) in [6.45, 7) is 8.47. The number of hydrogen-bond donors (Lipinski definition) is 2. The average Bonchev–Trinajstić information content (AvgIpc) is 3.06. The Morgan fingerprint density at radius 1 is 1.37 bits per heavy atom. The Balaban J connectivity index is 1.78. The van der Waals surface area contributed by atoms with Crippen LogP contribution in [0, 0.1) is 11.3 Å². The number of aromatic nitrogens is 3. The van der Waals surface area contributed by atoms with Gasteiger partial charge in [-0.15, -0.1) is 0 Å². The Kier molecular flexibility index (Phi) is 6.15. The molecule has 0 bridgehead atoms. The van der Waals surface area contributed by atoms with Crippen LogP contribution in [0.1, 0.15) is 46.2 Å². The van der Waals surface area contributed by atoms with Crippen molar-refractivity contribution in [2.75, 3.05) is 16.8 Å². The molecule has 2 aromatic rings. The molecule has 160 valence electrons. The zero-order chi connectivity index (χ0) is 21.9. The van der Waals surface area contributed by atoms with Crippen molar-refractivity contribution in [1.29, 1.82) is 5.26 Å². The lowest BCUT2D eigenvalue weighted by atomic mass is 9.97. The highest BCUT2D eigenvalue weighted by molar-refractivity contribution is 5.70. The Labute approximate surface area is 177 Å². The van der Waals surface area contributed by atoms with Crippen LogP contribution in [0.25, 0.3) is 0 Å². The first kappa shape index (κ1) is 21.4. The molecule has 1 amide bonds. The van der Waals surface area contributed by atoms with Gasteiger partial charge in [-0.3, -0.25) is 4.68 Å². The number of amides is 1. The average molecular weight is 412 g/mol. The maximum absolute atomic E-state index is 12.2. The first-order valence-electron chi connectivity index (χ1n) is 10.1. The third-order valence-electron chi connectivity index (χ3n) is 4.98. The number of piperidine rings is 1. The predicted molar refractivity (Wildman–Crippen MR) is 115 cm³/mol. The molecule has 1 aliphatic heterocycles. The first-order chi connectivity index (χ1) is 14.2. The van der Waals surface area contributed by atoms with Crippen molar-refractivity contribution in [2.45, 2.75) is 58.2 Å². The smallest absolute Gasteiger partial charge is 0.407 e. The molecule has 9 heteroatoms. The Bertz CT molecular complexity index is 942. The number of nitriles is 1. The number of aryl methyl sites for hydroxylation is 1. The van der Waals surface area contributed by atoms with Crippen LogP contribution in [0.4, 0.5) is 21.9 Å². The van der Waals surface area contributed by atoms with E-state index < -0.39 is 11.7 Å². The van der Waals surface area contributed by atoms with Crippen LogP contribution >= 0.6 is 0 Å². The van der Waals surface area contributed by atoms with E-state index in [-0.39, 0.29) is 12.1 Å². The fourth-order valence-electron chi connectivity index (χ4n) is 3.60. The van der Waals surface area contributed by atoms with Crippen LogP contribution in [0.15, 0.2) is 24.7 Å². The zero-order valence-electron chi connectivity index (χ0n) is 18.1. The largest absolute Gasteiger partial charge is 0.444 e. The van der Waals surface area contributed by atoms with Gasteiger partial charge < -0.3 is 20.3 Å². The number of alkyl carbamates (subject to hydrolysis) is 1. The molecule has 1 saturated heterocycles. The van der Waals surface area contributed by atoms with Gasteiger partial charge in [0.05, 0.1) is 35.5 Å². The molecule has 0 spiro atoms. The normalized spacial score (nSPS) is 19.1. The Morgan fingerprint density at radius 3 is 2.77 bits per heavy atom. The molecule has 0 aromatic carbocycles. The van der Waals surface area contributed by atoms with Crippen LogP contribution in [-0.4, -0.2) is 45.1 Å². The van der Waals surface area contributed by atoms with Crippen molar-refractivity contribution in [1.82, 2.24) is 20.1 Å². The van der Waals surface area contributed by atoms with Crippen LogP contribution in [-0.2, 0) is 11.8 Å². The van der Waals surface area contributed by atoms with Gasteiger partial charge in [0.2, 0.25) is 0 Å². The fourth-order valence-corrected chi connectivity index (χ4v) is 3.60. The van der Waals surface area contributed by atoms with Crippen LogP contribution in [0.3, 0.4) is 0 Å². The molecular formula is C21H29N7O2. The van der Waals surface area contributed by atoms with Crippen LogP contribution < -0.4 is 15.5 Å². The molecule has 1 aliphatic rings. The van der Waals surface area contributed by atoms with E-state index in [9.17, 15) is 10.1 Å². The summed E-state index contributed by atoms with van der Waals surface area (Å²) in [5, 5.41) is 19.8. The molecule has 2 aromatic heterocycles. The summed E-state index contributed by atoms with van der Waals surface area (Å²) >= 11 is 0. The van der Waals surface area contributed by atoms with E-state index in [1.54, 1.807) is 17.1 Å². The lowest BCUT2D eigenvalue weighted by Gasteiger charge is -2.41. The van der Waals surface area contributed by atoms with E-state index in [1.165, 1.54) is 0 Å². The maximum atomic E-state index is 12.2. The minimum absolute atomic E-state index is 0.0426. The molecule has 0 saturated carbocycles. The predicted octanol–water partition coefficient (Wildman–Crippen LogP) is 3.31. The number of rotatable bonds is 4. The third kappa shape index (κ3) is 5.20. The zero-order valence-corrected chi connectivity index (χ0v) is 18.1. The van der Waals surface area contributed by atoms with Crippen LogP contribution in [0.5, 0.6) is 0 Å². The van der Waals surface area contributed by atoms with E-state index in [2.05, 4.69) is 38.6 Å². The summed E-state index contributed by atoms with van der Waals surface area (Å²) in [5.41, 5.74) is 2.08. The maximum Gasteiger partial charge on any atom is 0.407 e. The van der Waals surface area contributed by atoms with Crippen molar-refractivity contribution in [2.24, 2.45) is 7.05 Å². The van der Waals surface area contributed by atoms with Crippen molar-refractivity contribution in [3.8, 4) is 6.07 Å². The van der Waals surface area contributed by atoms with Gasteiger partial charge in [0.15, 0.2) is 5.69 Å². The Hall–Kier alpha value is -3.28. The molecule has 2 atom stereocenters. The summed E-state index contributed by atoms with van der Waals surface area (Å²) in [5.74, 6) is 0. The summed E-state index contributed by atoms with van der Waals surface area (Å²) in [6.07, 6.45) is 6.63. The van der Waals surface area contributed by atoms with Gasteiger partial charge >= 0.3 is 6.09 Å². The standard InChI is InChI=1S/C21H29N7O2/c1-14-17(26-20(29)30-21(2,3)4)7-6-8-28(14)16-9-18(19(10-22)23-12-16)25-15-11-24-27(5)13-15/h9,11-14,17,25H,6-8H2,1-5H3,(H,26,29)/t14-,17-/m1/s1. The van der Waals surface area contributed by atoms with E-state index in [4.69, 9.17) is 4.74 Å². The number of carbonyl (C=O) groups is 1. The minimum Gasteiger partial charge on any atom is -0.444 e. The molecule has 1 fully saturated rings. The quantitative estimate of drug-likeness (QED) is 0.794. The number of pyridine rings is 1. The van der Waals surface area contributed by atoms with E-state index in [1.807, 2.05) is 40.1 Å². The highest BCUT2D eigenvalue weighted by Crippen LogP contribution is 2.29. The lowest BCUT2D eigenvalue weighted by Crippen LogP contribution is -2.54. The molecule has 30 heavy (non-hydrogen) atoms. The van der Waals surface area contributed by atoms with Crippen LogP contribution in [0.2, 0.25) is 0 Å². The molecule has 0 radical (unpaired) electrons. The molecule has 2 N–H and O–H groups in total. The molecular weight excluding hydrogens is 382 g/mol. The summed E-state index contributed by atoms with van der Waals surface area (Å²) in [6, 6.07) is 4.05.